The van der Waals surface area contributed by atoms with Crippen LogP contribution in [0.5, 0.6) is 5.88 Å². The van der Waals surface area contributed by atoms with Gasteiger partial charge in [-0.3, -0.25) is 4.57 Å². The molecule has 5 nitrogen and oxygen atoms in total. The van der Waals surface area contributed by atoms with Crippen molar-refractivity contribution >= 4 is 34.3 Å². The predicted molar refractivity (Wildman–Crippen MR) is 88.5 cm³/mol. The zero-order chi connectivity index (χ0) is 19.5. The monoisotopic (exact) mass is 457 g/mol. The summed E-state index contributed by atoms with van der Waals surface area (Å²) < 4.78 is 70.6. The van der Waals surface area contributed by atoms with Crippen LogP contribution in [0.1, 0.15) is 12.5 Å². The maximum absolute atomic E-state index is 14.0. The van der Waals surface area contributed by atoms with Crippen LogP contribution < -0.4 is 4.74 Å². The van der Waals surface area contributed by atoms with Crippen molar-refractivity contribution < 1.29 is 36.7 Å². The summed E-state index contributed by atoms with van der Waals surface area (Å²) in [4.78, 5) is 21.7. The molecule has 1 aliphatic carbocycles. The van der Waals surface area contributed by atoms with Crippen molar-refractivity contribution in [2.75, 3.05) is 6.61 Å². The van der Waals surface area contributed by atoms with E-state index in [2.05, 4.69) is 20.9 Å². The lowest BCUT2D eigenvalue weighted by Gasteiger charge is -2.20. The number of hydrogen-bond acceptors (Lipinski definition) is 3. The van der Waals surface area contributed by atoms with Crippen molar-refractivity contribution in [3.8, 4) is 5.88 Å². The molecule has 0 unspecified atom stereocenters. The first-order chi connectivity index (χ1) is 11.9. The summed E-state index contributed by atoms with van der Waals surface area (Å²) in [7, 11) is -5.74. The van der Waals surface area contributed by atoms with Gasteiger partial charge >= 0.3 is 13.3 Å². The molecule has 2 aromatic rings. The second-order valence-corrected chi connectivity index (χ2v) is 8.67. The van der Waals surface area contributed by atoms with Gasteiger partial charge in [-0.05, 0) is 17.5 Å². The lowest BCUT2D eigenvalue weighted by atomic mass is 10.1. The van der Waals surface area contributed by atoms with E-state index >= 15 is 0 Å². The molecular weight excluding hydrogens is 445 g/mol. The average molecular weight is 458 g/mol. The lowest BCUT2D eigenvalue weighted by molar-refractivity contribution is 0.0558. The molecule has 3 rings (SSSR count). The first kappa shape index (κ1) is 19.5. The van der Waals surface area contributed by atoms with Gasteiger partial charge in [0.25, 0.3) is 5.92 Å². The number of ether oxygens (including phenoxy) is 1. The molecule has 0 saturated heterocycles. The molecule has 0 spiro atoms. The second kappa shape index (κ2) is 6.15. The summed E-state index contributed by atoms with van der Waals surface area (Å²) in [5, 5.41) is 0.580. The minimum Gasteiger partial charge on any atom is -0.477 e. The third-order valence-corrected chi connectivity index (χ3v) is 6.11. The molecule has 0 bridgehead atoms. The van der Waals surface area contributed by atoms with Gasteiger partial charge in [-0.15, -0.1) is 0 Å². The van der Waals surface area contributed by atoms with E-state index in [0.29, 0.717) is 5.39 Å². The fourth-order valence-corrected chi connectivity index (χ4v) is 3.86. The van der Waals surface area contributed by atoms with Crippen molar-refractivity contribution in [3.05, 3.63) is 34.4 Å². The summed E-state index contributed by atoms with van der Waals surface area (Å²) in [6, 6.07) is 3.40. The van der Waals surface area contributed by atoms with Crippen LogP contribution in [0.15, 0.2) is 28.9 Å². The number of rotatable bonds is 5. The number of halogens is 5. The molecule has 1 aromatic carbocycles. The quantitative estimate of drug-likeness (QED) is 0.510. The fourth-order valence-electron chi connectivity index (χ4n) is 2.60. The first-order valence-electron chi connectivity index (χ1n) is 7.39. The SMILES string of the molecule is C[C@@H]1[C@@H](COc2cc3cc(C(F)(F)P(=O)(O)O)c(Br)cc3cn2)C1(F)F. The van der Waals surface area contributed by atoms with E-state index in [4.69, 9.17) is 14.5 Å². The molecule has 0 aliphatic heterocycles. The molecule has 1 saturated carbocycles. The third-order valence-electron chi connectivity index (χ3n) is 4.48. The van der Waals surface area contributed by atoms with Gasteiger partial charge in [0, 0.05) is 33.6 Å². The maximum Gasteiger partial charge on any atom is 0.399 e. The lowest BCUT2D eigenvalue weighted by Crippen LogP contribution is -2.14. The van der Waals surface area contributed by atoms with Gasteiger partial charge in [0.15, 0.2) is 0 Å². The number of nitrogens with zero attached hydrogens (tertiary/aromatic N) is 1. The van der Waals surface area contributed by atoms with E-state index in [-0.39, 0.29) is 22.3 Å². The highest BCUT2D eigenvalue weighted by Gasteiger charge is 2.65. The molecule has 26 heavy (non-hydrogen) atoms. The highest BCUT2D eigenvalue weighted by molar-refractivity contribution is 9.10. The van der Waals surface area contributed by atoms with Crippen LogP contribution in [0.25, 0.3) is 10.8 Å². The summed E-state index contributed by atoms with van der Waals surface area (Å²) >= 11 is 2.88. The normalized spacial score (nSPS) is 22.5. The van der Waals surface area contributed by atoms with Crippen LogP contribution in [0.3, 0.4) is 0 Å². The third kappa shape index (κ3) is 3.24. The zero-order valence-corrected chi connectivity index (χ0v) is 15.6. The van der Waals surface area contributed by atoms with Crippen molar-refractivity contribution in [1.82, 2.24) is 4.98 Å². The van der Waals surface area contributed by atoms with Crippen molar-refractivity contribution in [2.24, 2.45) is 11.8 Å². The molecule has 1 aliphatic rings. The van der Waals surface area contributed by atoms with Gasteiger partial charge in [-0.2, -0.15) is 8.78 Å². The number of pyridine rings is 1. The zero-order valence-electron chi connectivity index (χ0n) is 13.2. The molecule has 2 N–H and O–H groups in total. The van der Waals surface area contributed by atoms with Gasteiger partial charge in [0.1, 0.15) is 0 Å². The van der Waals surface area contributed by atoms with E-state index in [1.54, 1.807) is 0 Å². The highest BCUT2D eigenvalue weighted by Crippen LogP contribution is 2.60. The van der Waals surface area contributed by atoms with Crippen LogP contribution >= 0.6 is 23.5 Å². The topological polar surface area (TPSA) is 79.7 Å². The van der Waals surface area contributed by atoms with Crippen LogP contribution in [0.2, 0.25) is 0 Å². The van der Waals surface area contributed by atoms with Crippen molar-refractivity contribution in [3.63, 3.8) is 0 Å². The summed E-state index contributed by atoms with van der Waals surface area (Å²) in [5.41, 5.74) is -5.28. The Morgan fingerprint density at radius 3 is 2.46 bits per heavy atom. The standard InChI is InChI=1S/C15H13BrF4NO4P/c1-7-11(14(7,17)18)6-25-13-4-8-2-10(15(19,20)26(22,23)24)12(16)3-9(8)5-21-13/h2-5,7,11H,6H2,1H3,(H2,22,23,24)/t7-,11-/m1/s1. The van der Waals surface area contributed by atoms with Crippen LogP contribution in [0.4, 0.5) is 17.6 Å². The number of fused-ring (bicyclic) bond motifs is 1. The van der Waals surface area contributed by atoms with E-state index in [0.717, 1.165) is 6.07 Å². The molecule has 11 heteroatoms. The molecular formula is C15H13BrF4NO4P. The highest BCUT2D eigenvalue weighted by atomic mass is 79.9. The molecule has 1 heterocycles. The fraction of sp³-hybridized carbons (Fsp3) is 0.400. The van der Waals surface area contributed by atoms with Crippen molar-refractivity contribution in [2.45, 2.75) is 18.5 Å². The Balaban J connectivity index is 1.91. The Labute approximate surface area is 153 Å². The Bertz CT molecular complexity index is 920. The van der Waals surface area contributed by atoms with Crippen molar-refractivity contribution in [1.29, 1.82) is 0 Å². The van der Waals surface area contributed by atoms with Crippen LogP contribution in [0, 0.1) is 11.8 Å². The van der Waals surface area contributed by atoms with E-state index in [1.807, 2.05) is 0 Å². The Hall–Kier alpha value is -1.22. The molecule has 1 aromatic heterocycles. The smallest absolute Gasteiger partial charge is 0.399 e. The van der Waals surface area contributed by atoms with Gasteiger partial charge in [0.05, 0.1) is 12.5 Å². The molecule has 0 radical (unpaired) electrons. The largest absolute Gasteiger partial charge is 0.477 e. The van der Waals surface area contributed by atoms with Crippen LogP contribution in [-0.4, -0.2) is 27.3 Å². The number of alkyl halides is 4. The summed E-state index contributed by atoms with van der Waals surface area (Å²) in [6.45, 7) is 1.13. The van der Waals surface area contributed by atoms with Gasteiger partial charge < -0.3 is 14.5 Å². The maximum atomic E-state index is 14.0. The van der Waals surface area contributed by atoms with E-state index < -0.39 is 36.6 Å². The molecule has 1 fully saturated rings. The number of aromatic nitrogens is 1. The predicted octanol–water partition coefficient (Wildman–Crippen LogP) is 4.50. The van der Waals surface area contributed by atoms with Gasteiger partial charge in [0.2, 0.25) is 5.88 Å². The van der Waals surface area contributed by atoms with E-state index in [1.165, 1.54) is 25.3 Å². The minimum atomic E-state index is -5.74. The molecule has 0 amide bonds. The number of benzene rings is 1. The average Bonchev–Trinajstić information content (AvgIpc) is 3.00. The summed E-state index contributed by atoms with van der Waals surface area (Å²) in [6.07, 6.45) is 1.29. The van der Waals surface area contributed by atoms with Crippen LogP contribution in [-0.2, 0) is 10.2 Å². The van der Waals surface area contributed by atoms with E-state index in [9.17, 15) is 22.1 Å². The molecule has 2 atom stereocenters. The summed E-state index contributed by atoms with van der Waals surface area (Å²) in [5.74, 6) is -4.56. The second-order valence-electron chi connectivity index (χ2n) is 6.17. The Morgan fingerprint density at radius 1 is 1.31 bits per heavy atom. The molecule has 142 valence electrons. The Morgan fingerprint density at radius 2 is 1.92 bits per heavy atom. The minimum absolute atomic E-state index is 0.0415. The van der Waals surface area contributed by atoms with Gasteiger partial charge in [-0.1, -0.05) is 22.9 Å². The number of hydrogen-bond donors (Lipinski definition) is 2. The first-order valence-corrected chi connectivity index (χ1v) is 9.80. The van der Waals surface area contributed by atoms with Gasteiger partial charge in [-0.25, -0.2) is 13.8 Å². The Kier molecular flexibility index (Phi) is 4.62.